The largest absolute Gasteiger partial charge is 0.453 e. The smallest absolute Gasteiger partial charge is 0.152 e. The van der Waals surface area contributed by atoms with Gasteiger partial charge in [-0.3, -0.25) is 0 Å². The van der Waals surface area contributed by atoms with Gasteiger partial charge in [0.05, 0.1) is 33.1 Å². The van der Waals surface area contributed by atoms with Crippen molar-refractivity contribution in [2.45, 2.75) is 38.5 Å². The molecule has 3 nitrogen and oxygen atoms in total. The number of nitrogens with zero attached hydrogens (tertiary/aromatic N) is 2. The molecule has 8 aromatic carbocycles. The Morgan fingerprint density at radius 2 is 1.21 bits per heavy atom. The molecular weight excluding hydrogens is 701 g/mol. The maximum absolute atomic E-state index is 6.77. The van der Waals surface area contributed by atoms with Crippen LogP contribution in [0.25, 0.3) is 42.1 Å². The fourth-order valence-corrected chi connectivity index (χ4v) is 11.4. The van der Waals surface area contributed by atoms with Crippen molar-refractivity contribution in [3.63, 3.8) is 0 Å². The van der Waals surface area contributed by atoms with E-state index in [1.165, 1.54) is 81.4 Å². The zero-order valence-corrected chi connectivity index (χ0v) is 32.5. The number of hydrogen-bond acceptors (Lipinski definition) is 4. The highest BCUT2D eigenvalue weighted by molar-refractivity contribution is 7.26. The predicted octanol–water partition coefficient (Wildman–Crippen LogP) is 15.2. The van der Waals surface area contributed by atoms with Crippen molar-refractivity contribution in [2.24, 2.45) is 0 Å². The molecule has 4 heteroatoms. The zero-order valence-electron chi connectivity index (χ0n) is 31.7. The van der Waals surface area contributed by atoms with Crippen molar-refractivity contribution in [1.82, 2.24) is 0 Å². The van der Waals surface area contributed by atoms with Gasteiger partial charge in [-0.2, -0.15) is 0 Å². The van der Waals surface area contributed by atoms with Gasteiger partial charge in [-0.1, -0.05) is 137 Å². The first-order valence-corrected chi connectivity index (χ1v) is 20.3. The van der Waals surface area contributed by atoms with Crippen LogP contribution in [-0.4, -0.2) is 0 Å². The first-order valence-electron chi connectivity index (χ1n) is 19.5. The first kappa shape index (κ1) is 31.9. The lowest BCUT2D eigenvalue weighted by molar-refractivity contribution is 0.472. The van der Waals surface area contributed by atoms with Crippen LogP contribution < -0.4 is 14.5 Å². The Labute approximate surface area is 330 Å². The summed E-state index contributed by atoms with van der Waals surface area (Å²) in [6.07, 6.45) is 0. The normalized spacial score (nSPS) is 15.2. The fourth-order valence-electron chi connectivity index (χ4n) is 10.2. The van der Waals surface area contributed by atoms with Gasteiger partial charge in [-0.15, -0.1) is 11.3 Å². The van der Waals surface area contributed by atoms with Crippen LogP contribution in [0.5, 0.6) is 11.5 Å². The van der Waals surface area contributed by atoms with Gasteiger partial charge < -0.3 is 14.5 Å². The lowest BCUT2D eigenvalue weighted by Gasteiger charge is -2.47. The topological polar surface area (TPSA) is 15.7 Å². The second-order valence-electron chi connectivity index (χ2n) is 16.5. The highest BCUT2D eigenvalue weighted by atomic mass is 32.1. The van der Waals surface area contributed by atoms with E-state index in [1.807, 2.05) is 11.3 Å². The van der Waals surface area contributed by atoms with E-state index in [4.69, 9.17) is 4.74 Å². The molecule has 12 rings (SSSR count). The van der Waals surface area contributed by atoms with Crippen molar-refractivity contribution < 1.29 is 4.74 Å². The van der Waals surface area contributed by atoms with Gasteiger partial charge in [0.25, 0.3) is 0 Å². The molecule has 2 aliphatic heterocycles. The van der Waals surface area contributed by atoms with Crippen LogP contribution in [0.2, 0.25) is 0 Å². The van der Waals surface area contributed by atoms with E-state index in [2.05, 4.69) is 195 Å². The predicted molar refractivity (Wildman–Crippen MR) is 236 cm³/mol. The van der Waals surface area contributed by atoms with Crippen molar-refractivity contribution in [3.05, 3.63) is 180 Å². The number of fused-ring (bicyclic) bond motifs is 12. The molecule has 1 aliphatic carbocycles. The summed E-state index contributed by atoms with van der Waals surface area (Å²) in [7, 11) is 0. The van der Waals surface area contributed by atoms with Gasteiger partial charge >= 0.3 is 0 Å². The summed E-state index contributed by atoms with van der Waals surface area (Å²) in [5, 5.41) is 4.95. The van der Waals surface area contributed by atoms with Crippen molar-refractivity contribution >= 4 is 76.4 Å². The summed E-state index contributed by atoms with van der Waals surface area (Å²) in [6.45, 7) is 9.53. The van der Waals surface area contributed by atoms with E-state index in [0.717, 1.165) is 28.6 Å². The Morgan fingerprint density at radius 3 is 2.12 bits per heavy atom. The van der Waals surface area contributed by atoms with Gasteiger partial charge in [-0.25, -0.2) is 0 Å². The molecule has 268 valence electrons. The minimum atomic E-state index is -0.377. The van der Waals surface area contributed by atoms with E-state index in [1.54, 1.807) is 0 Å². The molecule has 0 amide bonds. The standard InChI is InChI=1S/C52H38N2OS/c1-51(2)38-19-9-7-16-34(38)35-28-27-32(30-40(35)51)53(43-23-11-18-37-36-17-8-10-25-46(36)56-50(37)43)41-21-13-22-42-47(41)52(3,4)39-20-12-24-44-49(39)54(42)48-33-15-6-5-14-31(33)26-29-45(48)55-44/h5-30H,1-4H3. The average Bonchev–Trinajstić information content (AvgIpc) is 3.72. The van der Waals surface area contributed by atoms with Gasteiger partial charge in [0.1, 0.15) is 0 Å². The summed E-state index contributed by atoms with van der Waals surface area (Å²) in [5.41, 5.74) is 14.3. The van der Waals surface area contributed by atoms with Crippen LogP contribution in [0, 0.1) is 0 Å². The van der Waals surface area contributed by atoms with E-state index in [9.17, 15) is 0 Å². The van der Waals surface area contributed by atoms with E-state index < -0.39 is 0 Å². The molecule has 0 spiro atoms. The Bertz CT molecular complexity index is 3150. The lowest BCUT2D eigenvalue weighted by atomic mass is 9.72. The average molecular weight is 739 g/mol. The van der Waals surface area contributed by atoms with Crippen LogP contribution in [0.4, 0.5) is 34.1 Å². The van der Waals surface area contributed by atoms with Crippen LogP contribution >= 0.6 is 11.3 Å². The summed E-state index contributed by atoms with van der Waals surface area (Å²) in [6, 6.07) is 58.3. The number of ether oxygens (including phenoxy) is 1. The summed E-state index contributed by atoms with van der Waals surface area (Å²) < 4.78 is 9.36. The fraction of sp³-hybridized carbons (Fsp3) is 0.115. The van der Waals surface area contributed by atoms with Gasteiger partial charge in [0, 0.05) is 42.9 Å². The molecule has 3 heterocycles. The first-order chi connectivity index (χ1) is 27.3. The van der Waals surface area contributed by atoms with Gasteiger partial charge in [0.15, 0.2) is 11.5 Å². The second-order valence-corrected chi connectivity index (χ2v) is 17.6. The lowest BCUT2D eigenvalue weighted by Crippen LogP contribution is -2.34. The van der Waals surface area contributed by atoms with Crippen molar-refractivity contribution in [2.75, 3.05) is 9.80 Å². The molecule has 0 fully saturated rings. The quantitative estimate of drug-likeness (QED) is 0.179. The molecule has 1 aromatic heterocycles. The monoisotopic (exact) mass is 738 g/mol. The summed E-state index contributed by atoms with van der Waals surface area (Å²) in [5.74, 6) is 1.76. The van der Waals surface area contributed by atoms with Crippen molar-refractivity contribution in [3.8, 4) is 22.6 Å². The number of rotatable bonds is 3. The van der Waals surface area contributed by atoms with Crippen molar-refractivity contribution in [1.29, 1.82) is 0 Å². The third-order valence-corrected chi connectivity index (χ3v) is 14.0. The molecule has 56 heavy (non-hydrogen) atoms. The summed E-state index contributed by atoms with van der Waals surface area (Å²) in [4.78, 5) is 5.06. The van der Waals surface area contributed by atoms with Gasteiger partial charge in [-0.05, 0) is 81.7 Å². The van der Waals surface area contributed by atoms with E-state index in [-0.39, 0.29) is 10.8 Å². The minimum absolute atomic E-state index is 0.138. The molecule has 3 aliphatic rings. The van der Waals surface area contributed by atoms with Crippen LogP contribution in [0.15, 0.2) is 158 Å². The Balaban J connectivity index is 1.18. The minimum Gasteiger partial charge on any atom is -0.453 e. The number of thiophene rings is 1. The molecule has 0 atom stereocenters. The zero-order chi connectivity index (χ0) is 37.5. The van der Waals surface area contributed by atoms with E-state index >= 15 is 0 Å². The Kier molecular flexibility index (Phi) is 6.34. The van der Waals surface area contributed by atoms with Crippen LogP contribution in [0.1, 0.15) is 49.9 Å². The maximum Gasteiger partial charge on any atom is 0.152 e. The molecular formula is C52H38N2OS. The maximum atomic E-state index is 6.77. The highest BCUT2D eigenvalue weighted by Crippen LogP contribution is 2.63. The molecule has 9 aromatic rings. The molecule has 0 saturated carbocycles. The highest BCUT2D eigenvalue weighted by Gasteiger charge is 2.45. The molecule has 0 N–H and O–H groups in total. The van der Waals surface area contributed by atoms with Crippen LogP contribution in [-0.2, 0) is 10.8 Å². The molecule has 0 saturated heterocycles. The van der Waals surface area contributed by atoms with Gasteiger partial charge in [0.2, 0.25) is 0 Å². The number of benzene rings is 8. The molecule has 0 unspecified atom stereocenters. The third kappa shape index (κ3) is 4.12. The van der Waals surface area contributed by atoms with Crippen LogP contribution in [0.3, 0.4) is 0 Å². The molecule has 0 radical (unpaired) electrons. The summed E-state index contributed by atoms with van der Waals surface area (Å²) >= 11 is 1.89. The number of hydrogen-bond donors (Lipinski definition) is 0. The number of anilines is 6. The SMILES string of the molecule is CC1(C)c2ccccc2-c2ccc(N(c3cccc4c3C(C)(C)c3cccc5c3N4c3c(ccc4ccccc34)O5)c3cccc4c3sc3ccccc34)cc21. The molecule has 0 bridgehead atoms. The third-order valence-electron chi connectivity index (χ3n) is 12.8. The Morgan fingerprint density at radius 1 is 0.518 bits per heavy atom. The second kappa shape index (κ2) is 11.1. The van der Waals surface area contributed by atoms with E-state index in [0.29, 0.717) is 0 Å². The number of para-hydroxylation sites is 1. The Hall–Kier alpha value is -6.36.